The summed E-state index contributed by atoms with van der Waals surface area (Å²) in [6, 6.07) is 10.8. The fourth-order valence-electron chi connectivity index (χ4n) is 2.85. The fourth-order valence-corrected chi connectivity index (χ4v) is 3.71. The van der Waals surface area contributed by atoms with Gasteiger partial charge in [-0.15, -0.1) is 11.3 Å². The predicted octanol–water partition coefficient (Wildman–Crippen LogP) is 3.06. The molecule has 0 spiro atoms. The zero-order valence-corrected chi connectivity index (χ0v) is 14.2. The highest BCUT2D eigenvalue weighted by molar-refractivity contribution is 7.09. The second kappa shape index (κ2) is 7.16. The van der Waals surface area contributed by atoms with Crippen LogP contribution in [0, 0.1) is 6.92 Å². The lowest BCUT2D eigenvalue weighted by Gasteiger charge is -2.34. The molecule has 0 aliphatic heterocycles. The van der Waals surface area contributed by atoms with Gasteiger partial charge in [0, 0.05) is 29.9 Å². The monoisotopic (exact) mass is 303 g/mol. The van der Waals surface area contributed by atoms with E-state index in [1.807, 2.05) is 12.6 Å². The normalized spacial score (nSPS) is 14.3. The van der Waals surface area contributed by atoms with Gasteiger partial charge in [-0.2, -0.15) is 0 Å². The van der Waals surface area contributed by atoms with E-state index in [9.17, 15) is 0 Å². The molecule has 2 rings (SSSR count). The number of nitrogens with one attached hydrogen (secondary N) is 1. The van der Waals surface area contributed by atoms with Crippen molar-refractivity contribution < 1.29 is 0 Å². The minimum atomic E-state index is 0.101. The Kier molecular flexibility index (Phi) is 5.51. The Bertz CT molecular complexity index is 552. The second-order valence-electron chi connectivity index (χ2n) is 5.99. The van der Waals surface area contributed by atoms with Crippen LogP contribution in [0.1, 0.15) is 23.1 Å². The Morgan fingerprint density at radius 3 is 2.57 bits per heavy atom. The maximum absolute atomic E-state index is 4.34. The first-order valence-electron chi connectivity index (χ1n) is 7.33. The molecule has 1 N–H and O–H groups in total. The number of benzene rings is 1. The summed E-state index contributed by atoms with van der Waals surface area (Å²) in [5.74, 6) is 0. The number of nitrogens with zero attached hydrogens (tertiary/aromatic N) is 2. The van der Waals surface area contributed by atoms with Gasteiger partial charge in [0.05, 0.1) is 11.2 Å². The maximum atomic E-state index is 4.34. The molecule has 0 radical (unpaired) electrons. The van der Waals surface area contributed by atoms with Crippen LogP contribution in [-0.4, -0.2) is 37.1 Å². The van der Waals surface area contributed by atoms with Crippen LogP contribution >= 0.6 is 11.3 Å². The average Bonchev–Trinajstić information content (AvgIpc) is 2.85. The molecule has 1 heterocycles. The molecule has 21 heavy (non-hydrogen) atoms. The van der Waals surface area contributed by atoms with Gasteiger partial charge in [-0.1, -0.05) is 37.3 Å². The van der Waals surface area contributed by atoms with Gasteiger partial charge in [-0.25, -0.2) is 4.98 Å². The third-order valence-electron chi connectivity index (χ3n) is 3.91. The Morgan fingerprint density at radius 1 is 1.29 bits per heavy atom. The molecule has 1 aromatic heterocycles. The molecule has 1 atom stereocenters. The molecule has 0 amide bonds. The minimum absolute atomic E-state index is 0.101. The van der Waals surface area contributed by atoms with Crippen LogP contribution in [0.5, 0.6) is 0 Å². The van der Waals surface area contributed by atoms with Crippen molar-refractivity contribution >= 4 is 11.3 Å². The first-order valence-corrected chi connectivity index (χ1v) is 8.21. The molecule has 0 fully saturated rings. The number of hydrogen-bond donors (Lipinski definition) is 1. The zero-order chi connectivity index (χ0) is 15.3. The highest BCUT2D eigenvalue weighted by atomic mass is 32.1. The molecule has 0 aliphatic carbocycles. The Labute approximate surface area is 132 Å². The lowest BCUT2D eigenvalue weighted by molar-refractivity contribution is 0.247. The van der Waals surface area contributed by atoms with E-state index >= 15 is 0 Å². The average molecular weight is 303 g/mol. The molecule has 2 aromatic rings. The van der Waals surface area contributed by atoms with E-state index in [4.69, 9.17) is 0 Å². The van der Waals surface area contributed by atoms with E-state index in [2.05, 4.69) is 66.4 Å². The topological polar surface area (TPSA) is 28.2 Å². The summed E-state index contributed by atoms with van der Waals surface area (Å²) >= 11 is 1.74. The molecule has 0 saturated carbocycles. The van der Waals surface area contributed by atoms with Gasteiger partial charge in [0.2, 0.25) is 0 Å². The van der Waals surface area contributed by atoms with E-state index < -0.39 is 0 Å². The van der Waals surface area contributed by atoms with Crippen LogP contribution in [0.2, 0.25) is 0 Å². The van der Waals surface area contributed by atoms with E-state index in [-0.39, 0.29) is 5.41 Å². The molecule has 0 aliphatic rings. The number of likely N-dealkylation sites (N-methyl/N-ethyl adjacent to an activating group) is 2. The standard InChI is InChI=1S/C17H25N3S/c1-14-16(21-13-19-14)10-20(4)12-17(2,11-18-3)15-8-6-5-7-9-15/h5-9,13,18H,10-12H2,1-4H3. The number of aromatic nitrogens is 1. The lowest BCUT2D eigenvalue weighted by atomic mass is 9.82. The third kappa shape index (κ3) is 4.13. The van der Waals surface area contributed by atoms with E-state index in [0.717, 1.165) is 25.3 Å². The molecule has 0 saturated heterocycles. The summed E-state index contributed by atoms with van der Waals surface area (Å²) in [4.78, 5) is 8.09. The summed E-state index contributed by atoms with van der Waals surface area (Å²) < 4.78 is 0. The van der Waals surface area contributed by atoms with Crippen LogP contribution in [0.15, 0.2) is 35.8 Å². The van der Waals surface area contributed by atoms with E-state index in [1.165, 1.54) is 10.4 Å². The molecule has 1 aromatic carbocycles. The van der Waals surface area contributed by atoms with Gasteiger partial charge in [0.1, 0.15) is 0 Å². The Hall–Kier alpha value is -1.23. The molecule has 4 heteroatoms. The lowest BCUT2D eigenvalue weighted by Crippen LogP contribution is -2.43. The van der Waals surface area contributed by atoms with Crippen molar-refractivity contribution in [2.45, 2.75) is 25.8 Å². The Morgan fingerprint density at radius 2 is 2.00 bits per heavy atom. The summed E-state index contributed by atoms with van der Waals surface area (Å²) in [5, 5.41) is 3.35. The van der Waals surface area contributed by atoms with Crippen LogP contribution in [0.4, 0.5) is 0 Å². The fraction of sp³-hybridized carbons (Fsp3) is 0.471. The van der Waals surface area contributed by atoms with Gasteiger partial charge >= 0.3 is 0 Å². The molecule has 114 valence electrons. The number of thiazole rings is 1. The number of rotatable bonds is 7. The second-order valence-corrected chi connectivity index (χ2v) is 6.93. The quantitative estimate of drug-likeness (QED) is 0.852. The minimum Gasteiger partial charge on any atom is -0.319 e. The number of hydrogen-bond acceptors (Lipinski definition) is 4. The molecular weight excluding hydrogens is 278 g/mol. The van der Waals surface area contributed by atoms with Crippen molar-refractivity contribution in [3.05, 3.63) is 52.0 Å². The van der Waals surface area contributed by atoms with Crippen molar-refractivity contribution in [2.75, 3.05) is 27.2 Å². The van der Waals surface area contributed by atoms with Gasteiger partial charge in [0.15, 0.2) is 0 Å². The van der Waals surface area contributed by atoms with E-state index in [0.29, 0.717) is 0 Å². The van der Waals surface area contributed by atoms with Crippen LogP contribution in [0.25, 0.3) is 0 Å². The first-order chi connectivity index (χ1) is 10.0. The largest absolute Gasteiger partial charge is 0.319 e. The van der Waals surface area contributed by atoms with Crippen molar-refractivity contribution in [1.29, 1.82) is 0 Å². The van der Waals surface area contributed by atoms with Gasteiger partial charge in [0.25, 0.3) is 0 Å². The van der Waals surface area contributed by atoms with Crippen LogP contribution < -0.4 is 5.32 Å². The first kappa shape index (κ1) is 16.1. The highest BCUT2D eigenvalue weighted by Gasteiger charge is 2.27. The zero-order valence-electron chi connectivity index (χ0n) is 13.4. The van der Waals surface area contributed by atoms with Crippen molar-refractivity contribution in [3.63, 3.8) is 0 Å². The van der Waals surface area contributed by atoms with Gasteiger partial charge < -0.3 is 10.2 Å². The predicted molar refractivity (Wildman–Crippen MR) is 90.9 cm³/mol. The van der Waals surface area contributed by atoms with Crippen LogP contribution in [0.3, 0.4) is 0 Å². The number of aryl methyl sites for hydroxylation is 1. The van der Waals surface area contributed by atoms with Gasteiger partial charge in [-0.05, 0) is 26.6 Å². The summed E-state index contributed by atoms with van der Waals surface area (Å²) in [6.07, 6.45) is 0. The molecule has 0 bridgehead atoms. The van der Waals surface area contributed by atoms with Crippen molar-refractivity contribution in [2.24, 2.45) is 0 Å². The summed E-state index contributed by atoms with van der Waals surface area (Å²) in [7, 11) is 4.21. The van der Waals surface area contributed by atoms with Crippen LogP contribution in [-0.2, 0) is 12.0 Å². The SMILES string of the molecule is CNCC(C)(CN(C)Cc1scnc1C)c1ccccc1. The maximum Gasteiger partial charge on any atom is 0.0798 e. The Balaban J connectivity index is 2.10. The third-order valence-corrected chi connectivity index (χ3v) is 4.83. The summed E-state index contributed by atoms with van der Waals surface area (Å²) in [5.41, 5.74) is 4.57. The molecule has 3 nitrogen and oxygen atoms in total. The van der Waals surface area contributed by atoms with Crippen molar-refractivity contribution in [3.8, 4) is 0 Å². The van der Waals surface area contributed by atoms with Crippen molar-refractivity contribution in [1.82, 2.24) is 15.2 Å². The smallest absolute Gasteiger partial charge is 0.0798 e. The summed E-state index contributed by atoms with van der Waals surface area (Å²) in [6.45, 7) is 7.35. The molecular formula is C17H25N3S. The van der Waals surface area contributed by atoms with E-state index in [1.54, 1.807) is 11.3 Å². The van der Waals surface area contributed by atoms with Gasteiger partial charge in [-0.3, -0.25) is 0 Å². The highest BCUT2D eigenvalue weighted by Crippen LogP contribution is 2.25. The molecule has 1 unspecified atom stereocenters.